The molecule has 0 unspecified atom stereocenters. The lowest BCUT2D eigenvalue weighted by atomic mass is 10.1. The van der Waals surface area contributed by atoms with E-state index in [0.717, 1.165) is 0 Å². The summed E-state index contributed by atoms with van der Waals surface area (Å²) in [6.45, 7) is 1.04. The topological polar surface area (TPSA) is 39.9 Å². The normalized spacial score (nSPS) is 10.8. The third-order valence-electron chi connectivity index (χ3n) is 2.63. The molecule has 0 saturated carbocycles. The molecule has 18 heavy (non-hydrogen) atoms. The summed E-state index contributed by atoms with van der Waals surface area (Å²) in [6, 6.07) is 3.80. The highest BCUT2D eigenvalue weighted by atomic mass is 19.1. The first-order valence-electron chi connectivity index (χ1n) is 5.51. The van der Waals surface area contributed by atoms with E-state index in [-0.39, 0.29) is 12.0 Å². The Hall–Kier alpha value is -1.82. The summed E-state index contributed by atoms with van der Waals surface area (Å²) < 4.78 is 33.7. The summed E-state index contributed by atoms with van der Waals surface area (Å²) in [6.07, 6.45) is 1.59. The Balaban J connectivity index is 2.21. The third kappa shape index (κ3) is 2.70. The van der Waals surface area contributed by atoms with Crippen LogP contribution in [0, 0.1) is 11.6 Å². The largest absolute Gasteiger partial charge is 0.383 e. The van der Waals surface area contributed by atoms with Gasteiger partial charge in [-0.3, -0.25) is 0 Å². The molecule has 1 heterocycles. The average molecular weight is 253 g/mol. The second-order valence-electron chi connectivity index (χ2n) is 3.81. The molecule has 1 aromatic heterocycles. The SMILES string of the molecule is COCCn1cnnc1Cc1c(F)cccc1F. The monoisotopic (exact) mass is 253 g/mol. The molecule has 2 aromatic rings. The molecular weight excluding hydrogens is 240 g/mol. The minimum absolute atomic E-state index is 0.00386. The first-order chi connectivity index (χ1) is 8.72. The maximum Gasteiger partial charge on any atom is 0.137 e. The fourth-order valence-electron chi connectivity index (χ4n) is 1.65. The van der Waals surface area contributed by atoms with Gasteiger partial charge in [-0.05, 0) is 12.1 Å². The van der Waals surface area contributed by atoms with Gasteiger partial charge in [0.15, 0.2) is 0 Å². The number of aromatic nitrogens is 3. The minimum atomic E-state index is -0.573. The summed E-state index contributed by atoms with van der Waals surface area (Å²) in [5.74, 6) is -0.636. The number of nitrogens with zero attached hydrogens (tertiary/aromatic N) is 3. The van der Waals surface area contributed by atoms with Crippen molar-refractivity contribution in [3.63, 3.8) is 0 Å². The smallest absolute Gasteiger partial charge is 0.137 e. The van der Waals surface area contributed by atoms with Crippen LogP contribution in [0.25, 0.3) is 0 Å². The summed E-state index contributed by atoms with van der Waals surface area (Å²) in [5.41, 5.74) is 0.00386. The van der Waals surface area contributed by atoms with E-state index in [0.29, 0.717) is 19.0 Å². The molecule has 0 amide bonds. The zero-order valence-corrected chi connectivity index (χ0v) is 9.94. The lowest BCUT2D eigenvalue weighted by Crippen LogP contribution is -2.09. The number of ether oxygens (including phenoxy) is 1. The highest BCUT2D eigenvalue weighted by molar-refractivity contribution is 5.23. The molecule has 1 aromatic carbocycles. The van der Waals surface area contributed by atoms with Crippen LogP contribution in [0.1, 0.15) is 11.4 Å². The lowest BCUT2D eigenvalue weighted by molar-refractivity contribution is 0.186. The second kappa shape index (κ2) is 5.68. The number of hydrogen-bond acceptors (Lipinski definition) is 3. The van der Waals surface area contributed by atoms with Gasteiger partial charge >= 0.3 is 0 Å². The van der Waals surface area contributed by atoms with Gasteiger partial charge in [0, 0.05) is 25.6 Å². The molecule has 0 aliphatic heterocycles. The van der Waals surface area contributed by atoms with Gasteiger partial charge in [0.2, 0.25) is 0 Å². The Labute approximate surface area is 103 Å². The Morgan fingerprint density at radius 1 is 1.28 bits per heavy atom. The van der Waals surface area contributed by atoms with Crippen molar-refractivity contribution in [1.29, 1.82) is 0 Å². The van der Waals surface area contributed by atoms with Gasteiger partial charge < -0.3 is 9.30 Å². The van der Waals surface area contributed by atoms with Crippen LogP contribution >= 0.6 is 0 Å². The average Bonchev–Trinajstić information content (AvgIpc) is 2.79. The van der Waals surface area contributed by atoms with Crippen LogP contribution in [0.5, 0.6) is 0 Å². The lowest BCUT2D eigenvalue weighted by Gasteiger charge is -2.07. The van der Waals surface area contributed by atoms with E-state index >= 15 is 0 Å². The van der Waals surface area contributed by atoms with E-state index in [2.05, 4.69) is 10.2 Å². The summed E-state index contributed by atoms with van der Waals surface area (Å²) >= 11 is 0. The van der Waals surface area contributed by atoms with E-state index in [9.17, 15) is 8.78 Å². The Bertz CT molecular complexity index is 508. The van der Waals surface area contributed by atoms with Gasteiger partial charge in [-0.1, -0.05) is 6.07 Å². The van der Waals surface area contributed by atoms with Crippen LogP contribution in [0.3, 0.4) is 0 Å². The molecule has 0 radical (unpaired) electrons. The molecule has 0 N–H and O–H groups in total. The van der Waals surface area contributed by atoms with Crippen LogP contribution in [-0.2, 0) is 17.7 Å². The fraction of sp³-hybridized carbons (Fsp3) is 0.333. The second-order valence-corrected chi connectivity index (χ2v) is 3.81. The maximum absolute atomic E-state index is 13.5. The van der Waals surface area contributed by atoms with Crippen molar-refractivity contribution in [3.05, 3.63) is 47.5 Å². The quantitative estimate of drug-likeness (QED) is 0.815. The van der Waals surface area contributed by atoms with Crippen molar-refractivity contribution in [2.45, 2.75) is 13.0 Å². The molecule has 0 fully saturated rings. The molecule has 0 spiro atoms. The van der Waals surface area contributed by atoms with E-state index < -0.39 is 11.6 Å². The molecule has 96 valence electrons. The van der Waals surface area contributed by atoms with Gasteiger partial charge in [-0.15, -0.1) is 10.2 Å². The Morgan fingerprint density at radius 3 is 2.67 bits per heavy atom. The van der Waals surface area contributed by atoms with Crippen LogP contribution < -0.4 is 0 Å². The number of benzene rings is 1. The van der Waals surface area contributed by atoms with Gasteiger partial charge in [-0.2, -0.15) is 0 Å². The van der Waals surface area contributed by atoms with Crippen LogP contribution in [0.15, 0.2) is 24.5 Å². The molecule has 0 aliphatic carbocycles. The molecule has 6 heteroatoms. The molecule has 0 atom stereocenters. The number of hydrogen-bond donors (Lipinski definition) is 0. The predicted molar refractivity (Wildman–Crippen MR) is 61.1 cm³/mol. The standard InChI is InChI=1S/C12H13F2N3O/c1-18-6-5-17-8-15-16-12(17)7-9-10(13)3-2-4-11(9)14/h2-4,8H,5-7H2,1H3. The predicted octanol–water partition coefficient (Wildman–Crippen LogP) is 1.79. The van der Waals surface area contributed by atoms with Crippen LogP contribution in [0.2, 0.25) is 0 Å². The Kier molecular flexibility index (Phi) is 3.99. The molecular formula is C12H13F2N3O. The first kappa shape index (κ1) is 12.6. The third-order valence-corrected chi connectivity index (χ3v) is 2.63. The molecule has 0 aliphatic rings. The van der Waals surface area contributed by atoms with Crippen LogP contribution in [-0.4, -0.2) is 28.5 Å². The van der Waals surface area contributed by atoms with Crippen molar-refractivity contribution in [2.75, 3.05) is 13.7 Å². The van der Waals surface area contributed by atoms with Crippen molar-refractivity contribution < 1.29 is 13.5 Å². The maximum atomic E-state index is 13.5. The zero-order valence-electron chi connectivity index (χ0n) is 9.94. The molecule has 0 saturated heterocycles. The van der Waals surface area contributed by atoms with Crippen molar-refractivity contribution >= 4 is 0 Å². The highest BCUT2D eigenvalue weighted by Gasteiger charge is 2.13. The van der Waals surface area contributed by atoms with E-state index in [1.165, 1.54) is 24.5 Å². The molecule has 0 bridgehead atoms. The van der Waals surface area contributed by atoms with Gasteiger partial charge in [0.25, 0.3) is 0 Å². The van der Waals surface area contributed by atoms with E-state index in [4.69, 9.17) is 4.74 Å². The number of rotatable bonds is 5. The number of halogens is 2. The highest BCUT2D eigenvalue weighted by Crippen LogP contribution is 2.15. The summed E-state index contributed by atoms with van der Waals surface area (Å²) in [5, 5.41) is 7.61. The van der Waals surface area contributed by atoms with E-state index in [1.54, 1.807) is 11.7 Å². The fourth-order valence-corrected chi connectivity index (χ4v) is 1.65. The summed E-state index contributed by atoms with van der Waals surface area (Å²) in [4.78, 5) is 0. The van der Waals surface area contributed by atoms with Crippen molar-refractivity contribution in [1.82, 2.24) is 14.8 Å². The zero-order chi connectivity index (χ0) is 13.0. The van der Waals surface area contributed by atoms with Crippen LogP contribution in [0.4, 0.5) is 8.78 Å². The van der Waals surface area contributed by atoms with Gasteiger partial charge in [0.1, 0.15) is 23.8 Å². The summed E-state index contributed by atoms with van der Waals surface area (Å²) in [7, 11) is 1.58. The first-order valence-corrected chi connectivity index (χ1v) is 5.51. The van der Waals surface area contributed by atoms with Crippen molar-refractivity contribution in [2.24, 2.45) is 0 Å². The van der Waals surface area contributed by atoms with E-state index in [1.807, 2.05) is 0 Å². The Morgan fingerprint density at radius 2 is 2.00 bits per heavy atom. The molecule has 2 rings (SSSR count). The van der Waals surface area contributed by atoms with Gasteiger partial charge in [-0.25, -0.2) is 8.78 Å². The molecule has 4 nitrogen and oxygen atoms in total. The van der Waals surface area contributed by atoms with Crippen molar-refractivity contribution in [3.8, 4) is 0 Å². The minimum Gasteiger partial charge on any atom is -0.383 e. The number of methoxy groups -OCH3 is 1. The van der Waals surface area contributed by atoms with Gasteiger partial charge in [0.05, 0.1) is 6.61 Å².